The van der Waals surface area contributed by atoms with E-state index in [9.17, 15) is 19.5 Å². The summed E-state index contributed by atoms with van der Waals surface area (Å²) in [7, 11) is 0. The highest BCUT2D eigenvalue weighted by molar-refractivity contribution is 7.07. The van der Waals surface area contributed by atoms with Crippen LogP contribution in [-0.4, -0.2) is 21.5 Å². The van der Waals surface area contributed by atoms with E-state index in [-0.39, 0.29) is 29.2 Å². The molecule has 0 saturated heterocycles. The van der Waals surface area contributed by atoms with Crippen molar-refractivity contribution in [2.45, 2.75) is 19.9 Å². The predicted octanol–water partition coefficient (Wildman–Crippen LogP) is 0.775. The Kier molecular flexibility index (Phi) is 4.95. The summed E-state index contributed by atoms with van der Waals surface area (Å²) >= 11 is 1.08. The number of hydrogen-bond donors (Lipinski definition) is 3. The molecule has 2 aromatic rings. The van der Waals surface area contributed by atoms with Crippen molar-refractivity contribution in [2.75, 3.05) is 0 Å². The van der Waals surface area contributed by atoms with Gasteiger partial charge in [-0.3, -0.25) is 25.2 Å². The molecule has 0 fully saturated rings. The largest absolute Gasteiger partial charge is 0.507 e. The molecule has 0 aliphatic heterocycles. The van der Waals surface area contributed by atoms with Crippen molar-refractivity contribution in [3.05, 3.63) is 50.6 Å². The van der Waals surface area contributed by atoms with Crippen molar-refractivity contribution < 1.29 is 14.7 Å². The maximum absolute atomic E-state index is 11.8. The maximum atomic E-state index is 11.8. The molecule has 0 radical (unpaired) electrons. The Morgan fingerprint density at radius 1 is 1.27 bits per heavy atom. The van der Waals surface area contributed by atoms with Crippen LogP contribution >= 0.6 is 11.3 Å². The van der Waals surface area contributed by atoms with Gasteiger partial charge in [0, 0.05) is 24.0 Å². The lowest BCUT2D eigenvalue weighted by Crippen LogP contribution is -2.42. The number of rotatable bonds is 4. The van der Waals surface area contributed by atoms with Gasteiger partial charge >= 0.3 is 4.87 Å². The van der Waals surface area contributed by atoms with Crippen molar-refractivity contribution in [1.29, 1.82) is 0 Å². The Morgan fingerprint density at radius 2 is 2.00 bits per heavy atom. The second kappa shape index (κ2) is 6.90. The minimum atomic E-state index is -0.615. The van der Waals surface area contributed by atoms with Crippen LogP contribution in [0.15, 0.2) is 34.4 Å². The molecule has 0 bridgehead atoms. The Bertz CT molecular complexity index is 751. The molecular weight excluding hydrogens is 306 g/mol. The first-order valence-corrected chi connectivity index (χ1v) is 7.39. The molecule has 22 heavy (non-hydrogen) atoms. The van der Waals surface area contributed by atoms with E-state index in [0.717, 1.165) is 17.0 Å². The standard InChI is InChI=1S/C14H15N3O4S/c1-9-8-22-14(21)17(9)7-6-12(19)15-16-13(20)10-4-2-3-5-11(10)18/h2-5,8,18H,6-7H2,1H3,(H,15,19)(H,16,20). The number of aromatic nitrogens is 1. The van der Waals surface area contributed by atoms with E-state index in [0.29, 0.717) is 0 Å². The number of thiazole rings is 1. The third-order valence-corrected chi connectivity index (χ3v) is 3.88. The lowest BCUT2D eigenvalue weighted by atomic mass is 10.2. The number of aryl methyl sites for hydroxylation is 1. The van der Waals surface area contributed by atoms with Crippen molar-refractivity contribution in [3.8, 4) is 5.75 Å². The number of para-hydroxylation sites is 1. The molecule has 1 aromatic carbocycles. The number of nitrogens with zero attached hydrogens (tertiary/aromatic N) is 1. The number of hydrazine groups is 1. The van der Waals surface area contributed by atoms with Gasteiger partial charge in [0.05, 0.1) is 5.56 Å². The fraction of sp³-hybridized carbons (Fsp3) is 0.214. The number of hydrogen-bond acceptors (Lipinski definition) is 5. The van der Waals surface area contributed by atoms with Gasteiger partial charge in [-0.05, 0) is 19.1 Å². The zero-order valence-electron chi connectivity index (χ0n) is 11.8. The molecule has 1 heterocycles. The third-order valence-electron chi connectivity index (χ3n) is 3.00. The number of carbonyl (C=O) groups is 2. The van der Waals surface area contributed by atoms with Crippen LogP contribution in [0.1, 0.15) is 22.5 Å². The van der Waals surface area contributed by atoms with Crippen LogP contribution in [0.2, 0.25) is 0 Å². The number of benzene rings is 1. The van der Waals surface area contributed by atoms with Gasteiger partial charge in [0.2, 0.25) is 5.91 Å². The SMILES string of the molecule is Cc1csc(=O)n1CCC(=O)NNC(=O)c1ccccc1O. The van der Waals surface area contributed by atoms with E-state index in [1.54, 1.807) is 24.4 Å². The average Bonchev–Trinajstić information content (AvgIpc) is 2.82. The zero-order valence-corrected chi connectivity index (χ0v) is 12.6. The maximum Gasteiger partial charge on any atom is 0.307 e. The van der Waals surface area contributed by atoms with Gasteiger partial charge in [-0.2, -0.15) is 0 Å². The summed E-state index contributed by atoms with van der Waals surface area (Å²) in [4.78, 5) is 34.8. The van der Waals surface area contributed by atoms with Gasteiger partial charge in [-0.15, -0.1) is 0 Å². The summed E-state index contributed by atoms with van der Waals surface area (Å²) in [5, 5.41) is 11.2. The van der Waals surface area contributed by atoms with Crippen LogP contribution in [0, 0.1) is 6.92 Å². The molecule has 0 saturated carbocycles. The van der Waals surface area contributed by atoms with Gasteiger partial charge in [-0.1, -0.05) is 23.5 Å². The summed E-state index contributed by atoms with van der Waals surface area (Å²) < 4.78 is 1.50. The molecule has 0 spiro atoms. The first-order valence-electron chi connectivity index (χ1n) is 6.51. The molecule has 1 aromatic heterocycles. The molecule has 8 heteroatoms. The Morgan fingerprint density at radius 3 is 2.64 bits per heavy atom. The third kappa shape index (κ3) is 3.73. The van der Waals surface area contributed by atoms with Crippen LogP contribution in [0.3, 0.4) is 0 Å². The Balaban J connectivity index is 1.85. The molecule has 2 amide bonds. The van der Waals surface area contributed by atoms with Crippen LogP contribution in [0.5, 0.6) is 5.75 Å². The van der Waals surface area contributed by atoms with E-state index >= 15 is 0 Å². The fourth-order valence-corrected chi connectivity index (χ4v) is 2.57. The highest BCUT2D eigenvalue weighted by atomic mass is 32.1. The van der Waals surface area contributed by atoms with Crippen molar-refractivity contribution in [2.24, 2.45) is 0 Å². The first-order chi connectivity index (χ1) is 10.5. The molecule has 3 N–H and O–H groups in total. The van der Waals surface area contributed by atoms with Crippen LogP contribution < -0.4 is 15.7 Å². The molecular formula is C14H15N3O4S. The summed E-state index contributed by atoms with van der Waals surface area (Å²) in [5.74, 6) is -1.22. The van der Waals surface area contributed by atoms with E-state index in [1.165, 1.54) is 16.7 Å². The first kappa shape index (κ1) is 15.8. The summed E-state index contributed by atoms with van der Waals surface area (Å²) in [6.45, 7) is 2.03. The number of nitrogens with one attached hydrogen (secondary N) is 2. The summed E-state index contributed by atoms with van der Waals surface area (Å²) in [6, 6.07) is 6.00. The van der Waals surface area contributed by atoms with Gasteiger partial charge in [0.15, 0.2) is 0 Å². The van der Waals surface area contributed by atoms with E-state index < -0.39 is 11.8 Å². The van der Waals surface area contributed by atoms with Crippen LogP contribution in [-0.2, 0) is 11.3 Å². The zero-order chi connectivity index (χ0) is 16.1. The van der Waals surface area contributed by atoms with E-state index in [1.807, 2.05) is 0 Å². The number of phenols is 1. The smallest absolute Gasteiger partial charge is 0.307 e. The number of carbonyl (C=O) groups excluding carboxylic acids is 2. The molecule has 0 atom stereocenters. The van der Waals surface area contributed by atoms with Crippen LogP contribution in [0.25, 0.3) is 0 Å². The van der Waals surface area contributed by atoms with Crippen molar-refractivity contribution in [3.63, 3.8) is 0 Å². The summed E-state index contributed by atoms with van der Waals surface area (Å²) in [5.41, 5.74) is 5.32. The van der Waals surface area contributed by atoms with Gasteiger partial charge in [0.25, 0.3) is 5.91 Å². The van der Waals surface area contributed by atoms with Crippen molar-refractivity contribution in [1.82, 2.24) is 15.4 Å². The lowest BCUT2D eigenvalue weighted by Gasteiger charge is -2.09. The molecule has 7 nitrogen and oxygen atoms in total. The number of amides is 2. The molecule has 0 unspecified atom stereocenters. The molecule has 2 rings (SSSR count). The monoisotopic (exact) mass is 321 g/mol. The predicted molar refractivity (Wildman–Crippen MR) is 81.6 cm³/mol. The highest BCUT2D eigenvalue weighted by Crippen LogP contribution is 2.14. The second-order valence-electron chi connectivity index (χ2n) is 4.56. The quantitative estimate of drug-likeness (QED) is 0.724. The Hall–Kier alpha value is -2.61. The average molecular weight is 321 g/mol. The van der Waals surface area contributed by atoms with E-state index in [4.69, 9.17) is 0 Å². The molecule has 116 valence electrons. The molecule has 0 aliphatic rings. The summed E-state index contributed by atoms with van der Waals surface area (Å²) in [6.07, 6.45) is 0.0541. The molecule has 0 aliphatic carbocycles. The van der Waals surface area contributed by atoms with Crippen molar-refractivity contribution >= 4 is 23.2 Å². The second-order valence-corrected chi connectivity index (χ2v) is 5.38. The minimum absolute atomic E-state index is 0.0541. The Labute approximate surface area is 130 Å². The highest BCUT2D eigenvalue weighted by Gasteiger charge is 2.11. The number of phenolic OH excluding ortho intramolecular Hbond substituents is 1. The lowest BCUT2D eigenvalue weighted by molar-refractivity contribution is -0.122. The number of aromatic hydroxyl groups is 1. The van der Waals surface area contributed by atoms with Gasteiger partial charge in [0.1, 0.15) is 5.75 Å². The van der Waals surface area contributed by atoms with Gasteiger partial charge in [-0.25, -0.2) is 0 Å². The fourth-order valence-electron chi connectivity index (χ4n) is 1.81. The van der Waals surface area contributed by atoms with E-state index in [2.05, 4.69) is 10.9 Å². The van der Waals surface area contributed by atoms with Gasteiger partial charge < -0.3 is 9.67 Å². The normalized spacial score (nSPS) is 10.2. The topological polar surface area (TPSA) is 100 Å². The van der Waals surface area contributed by atoms with Crippen LogP contribution in [0.4, 0.5) is 0 Å². The minimum Gasteiger partial charge on any atom is -0.507 e.